The number of carbonyl (C=O) groups excluding carboxylic acids is 2. The normalized spacial score (nSPS) is 19.4. The molecule has 2 N–H and O–H groups in total. The average molecular weight is 351 g/mol. The summed E-state index contributed by atoms with van der Waals surface area (Å²) in [4.78, 5) is 29.1. The van der Waals surface area contributed by atoms with Gasteiger partial charge in [-0.2, -0.15) is 0 Å². The predicted molar refractivity (Wildman–Crippen MR) is 103 cm³/mol. The van der Waals surface area contributed by atoms with E-state index in [2.05, 4.69) is 0 Å². The third kappa shape index (κ3) is 3.63. The van der Waals surface area contributed by atoms with Gasteiger partial charge in [0.15, 0.2) is 0 Å². The first-order valence-corrected chi connectivity index (χ1v) is 8.95. The van der Waals surface area contributed by atoms with Crippen LogP contribution in [0.5, 0.6) is 0 Å². The second kappa shape index (κ2) is 7.70. The molecule has 0 bridgehead atoms. The van der Waals surface area contributed by atoms with Gasteiger partial charge in [0, 0.05) is 36.4 Å². The Morgan fingerprint density at radius 2 is 1.81 bits per heavy atom. The topological polar surface area (TPSA) is 66.6 Å². The van der Waals surface area contributed by atoms with Crippen LogP contribution in [0.2, 0.25) is 0 Å². The van der Waals surface area contributed by atoms with Gasteiger partial charge >= 0.3 is 0 Å². The number of hydrogen-bond donors (Lipinski definition) is 1. The molecule has 1 fully saturated rings. The van der Waals surface area contributed by atoms with Gasteiger partial charge in [-0.05, 0) is 56.1 Å². The zero-order valence-corrected chi connectivity index (χ0v) is 15.3. The maximum absolute atomic E-state index is 12.9. The minimum atomic E-state index is -0.139. The standard InChI is InChI=1S/C21H25N3O2/c1-15-11-16(13-22)14-24(15)21(26)18-8-6-7-17(12-18)20(25)23(2)19-9-4-3-5-10-19/h3-10,12,15-16H,11,13-14,22H2,1-2H3. The Hall–Kier alpha value is -2.66. The van der Waals surface area contributed by atoms with Gasteiger partial charge in [0.2, 0.25) is 0 Å². The number of nitrogens with zero attached hydrogens (tertiary/aromatic N) is 2. The number of anilines is 1. The molecule has 1 saturated heterocycles. The van der Waals surface area contributed by atoms with Crippen LogP contribution < -0.4 is 10.6 Å². The second-order valence-electron chi connectivity index (χ2n) is 6.92. The number of hydrogen-bond acceptors (Lipinski definition) is 3. The van der Waals surface area contributed by atoms with Crippen LogP contribution >= 0.6 is 0 Å². The zero-order valence-electron chi connectivity index (χ0n) is 15.3. The number of nitrogens with two attached hydrogens (primary N) is 1. The number of para-hydroxylation sites is 1. The molecule has 5 heteroatoms. The first kappa shape index (κ1) is 18.1. The molecular formula is C21H25N3O2. The van der Waals surface area contributed by atoms with E-state index in [1.807, 2.05) is 42.2 Å². The van der Waals surface area contributed by atoms with Crippen LogP contribution in [0.25, 0.3) is 0 Å². The summed E-state index contributed by atoms with van der Waals surface area (Å²) in [6, 6.07) is 16.6. The zero-order chi connectivity index (χ0) is 18.7. The van der Waals surface area contributed by atoms with Crippen molar-refractivity contribution in [3.05, 3.63) is 65.7 Å². The van der Waals surface area contributed by atoms with E-state index >= 15 is 0 Å². The highest BCUT2D eigenvalue weighted by Crippen LogP contribution is 2.24. The van der Waals surface area contributed by atoms with Gasteiger partial charge in [-0.15, -0.1) is 0 Å². The molecule has 2 aromatic carbocycles. The number of amides is 2. The van der Waals surface area contributed by atoms with Gasteiger partial charge in [0.1, 0.15) is 0 Å². The largest absolute Gasteiger partial charge is 0.336 e. The van der Waals surface area contributed by atoms with Crippen molar-refractivity contribution in [2.75, 3.05) is 25.0 Å². The number of likely N-dealkylation sites (tertiary alicyclic amines) is 1. The van der Waals surface area contributed by atoms with Gasteiger partial charge < -0.3 is 15.5 Å². The maximum Gasteiger partial charge on any atom is 0.258 e. The third-order valence-corrected chi connectivity index (χ3v) is 5.06. The Labute approximate surface area is 154 Å². The average Bonchev–Trinajstić information content (AvgIpc) is 3.07. The summed E-state index contributed by atoms with van der Waals surface area (Å²) >= 11 is 0. The molecule has 0 radical (unpaired) electrons. The fourth-order valence-electron chi connectivity index (χ4n) is 3.51. The monoisotopic (exact) mass is 351 g/mol. The van der Waals surface area contributed by atoms with Crippen molar-refractivity contribution in [1.29, 1.82) is 0 Å². The van der Waals surface area contributed by atoms with E-state index in [-0.39, 0.29) is 17.9 Å². The SMILES string of the molecule is CC1CC(CN)CN1C(=O)c1cccc(C(=O)N(C)c2ccccc2)c1. The van der Waals surface area contributed by atoms with E-state index in [4.69, 9.17) is 5.73 Å². The lowest BCUT2D eigenvalue weighted by Gasteiger charge is -2.22. The molecule has 2 atom stereocenters. The minimum Gasteiger partial charge on any atom is -0.336 e. The lowest BCUT2D eigenvalue weighted by atomic mass is 10.1. The van der Waals surface area contributed by atoms with Gasteiger partial charge in [0.05, 0.1) is 0 Å². The van der Waals surface area contributed by atoms with Crippen molar-refractivity contribution in [3.8, 4) is 0 Å². The second-order valence-corrected chi connectivity index (χ2v) is 6.92. The van der Waals surface area contributed by atoms with Crippen molar-refractivity contribution in [1.82, 2.24) is 4.90 Å². The fourth-order valence-corrected chi connectivity index (χ4v) is 3.51. The smallest absolute Gasteiger partial charge is 0.258 e. The Morgan fingerprint density at radius 3 is 2.46 bits per heavy atom. The fraction of sp³-hybridized carbons (Fsp3) is 0.333. The number of rotatable bonds is 4. The summed E-state index contributed by atoms with van der Waals surface area (Å²) in [5.74, 6) is 0.175. The van der Waals surface area contributed by atoms with E-state index < -0.39 is 0 Å². The highest BCUT2D eigenvalue weighted by molar-refractivity contribution is 6.07. The summed E-state index contributed by atoms with van der Waals surface area (Å²) in [7, 11) is 1.74. The Balaban J connectivity index is 1.80. The first-order valence-electron chi connectivity index (χ1n) is 8.95. The lowest BCUT2D eigenvalue weighted by Crippen LogP contribution is -2.34. The summed E-state index contributed by atoms with van der Waals surface area (Å²) in [6.07, 6.45) is 0.928. The predicted octanol–water partition coefficient (Wildman–Crippen LogP) is 2.77. The van der Waals surface area contributed by atoms with E-state index in [9.17, 15) is 9.59 Å². The van der Waals surface area contributed by atoms with Crippen molar-refractivity contribution in [2.45, 2.75) is 19.4 Å². The van der Waals surface area contributed by atoms with Gasteiger partial charge in [-0.25, -0.2) is 0 Å². The Morgan fingerprint density at radius 1 is 1.12 bits per heavy atom. The molecule has 1 heterocycles. The van der Waals surface area contributed by atoms with Crippen molar-refractivity contribution < 1.29 is 9.59 Å². The lowest BCUT2D eigenvalue weighted by molar-refractivity contribution is 0.0743. The van der Waals surface area contributed by atoms with Crippen LogP contribution in [-0.4, -0.2) is 42.9 Å². The molecule has 1 aliphatic rings. The number of carbonyl (C=O) groups is 2. The maximum atomic E-state index is 12.9. The molecule has 0 aromatic heterocycles. The van der Waals surface area contributed by atoms with E-state index in [0.29, 0.717) is 30.1 Å². The van der Waals surface area contributed by atoms with Crippen LogP contribution in [0.4, 0.5) is 5.69 Å². The molecule has 0 aliphatic carbocycles. The molecule has 2 unspecified atom stereocenters. The van der Waals surface area contributed by atoms with E-state index in [1.54, 1.807) is 36.2 Å². The quantitative estimate of drug-likeness (QED) is 0.921. The highest BCUT2D eigenvalue weighted by atomic mass is 16.2. The summed E-state index contributed by atoms with van der Waals surface area (Å²) in [5, 5.41) is 0. The van der Waals surface area contributed by atoms with Gasteiger partial charge in [-0.3, -0.25) is 9.59 Å². The molecule has 136 valence electrons. The molecule has 1 aliphatic heterocycles. The molecule has 2 amide bonds. The van der Waals surface area contributed by atoms with Crippen LogP contribution in [-0.2, 0) is 0 Å². The highest BCUT2D eigenvalue weighted by Gasteiger charge is 2.32. The van der Waals surface area contributed by atoms with E-state index in [0.717, 1.165) is 12.1 Å². The Bertz CT molecular complexity index is 791. The summed E-state index contributed by atoms with van der Waals surface area (Å²) < 4.78 is 0. The van der Waals surface area contributed by atoms with Crippen LogP contribution in [0, 0.1) is 5.92 Å². The van der Waals surface area contributed by atoms with Crippen LogP contribution in [0.1, 0.15) is 34.1 Å². The van der Waals surface area contributed by atoms with Crippen LogP contribution in [0.15, 0.2) is 54.6 Å². The molecule has 26 heavy (non-hydrogen) atoms. The number of benzene rings is 2. The summed E-state index contributed by atoms with van der Waals surface area (Å²) in [5.41, 5.74) is 7.62. The van der Waals surface area contributed by atoms with Crippen molar-refractivity contribution in [2.24, 2.45) is 11.7 Å². The molecule has 3 rings (SSSR count). The first-order chi connectivity index (χ1) is 12.5. The summed E-state index contributed by atoms with van der Waals surface area (Å²) in [6.45, 7) is 3.32. The molecule has 0 saturated carbocycles. The molecule has 5 nitrogen and oxygen atoms in total. The third-order valence-electron chi connectivity index (χ3n) is 5.06. The van der Waals surface area contributed by atoms with Gasteiger partial charge in [0.25, 0.3) is 11.8 Å². The van der Waals surface area contributed by atoms with Crippen molar-refractivity contribution >= 4 is 17.5 Å². The van der Waals surface area contributed by atoms with Gasteiger partial charge in [-0.1, -0.05) is 24.3 Å². The van der Waals surface area contributed by atoms with Crippen molar-refractivity contribution in [3.63, 3.8) is 0 Å². The van der Waals surface area contributed by atoms with E-state index in [1.165, 1.54) is 0 Å². The van der Waals surface area contributed by atoms with Crippen LogP contribution in [0.3, 0.4) is 0 Å². The molecular weight excluding hydrogens is 326 g/mol. The Kier molecular flexibility index (Phi) is 5.38. The molecule has 2 aromatic rings. The molecule has 0 spiro atoms. The minimum absolute atomic E-state index is 0.0366.